The molecule has 0 bridgehead atoms. The topological polar surface area (TPSA) is 36.7 Å². The number of pyridine rings is 1. The molecule has 1 heterocycles. The summed E-state index contributed by atoms with van der Waals surface area (Å²) in [4.78, 5) is 6.08. The fraction of sp³-hybridized carbons (Fsp3) is 0. The first-order chi connectivity index (χ1) is 7.78. The predicted octanol–water partition coefficient (Wildman–Crippen LogP) is 3.87. The van der Waals surface area contributed by atoms with Gasteiger partial charge in [-0.15, -0.1) is 0 Å². The number of rotatable bonds is 2. The Morgan fingerprint density at radius 2 is 2.00 bits per heavy atom. The fourth-order valence-corrected chi connectivity index (χ4v) is 2.66. The number of benzene rings is 1. The van der Waals surface area contributed by atoms with E-state index >= 15 is 0 Å². The van der Waals surface area contributed by atoms with E-state index in [1.165, 1.54) is 0 Å². The van der Waals surface area contributed by atoms with Crippen LogP contribution in [0.15, 0.2) is 56.9 Å². The van der Waals surface area contributed by atoms with Crippen LogP contribution >= 0.6 is 27.7 Å². The summed E-state index contributed by atoms with van der Waals surface area (Å²) in [7, 11) is 0. The zero-order chi connectivity index (χ0) is 11.4. The molecule has 0 aliphatic rings. The molecule has 16 heavy (non-hydrogen) atoms. The van der Waals surface area contributed by atoms with Crippen molar-refractivity contribution in [1.82, 2.24) is 4.98 Å². The van der Waals surface area contributed by atoms with Crippen LogP contribution in [0, 0.1) is 11.3 Å². The lowest BCUT2D eigenvalue weighted by atomic mass is 10.4. The summed E-state index contributed by atoms with van der Waals surface area (Å²) in [5, 5.41) is 8.74. The van der Waals surface area contributed by atoms with Crippen molar-refractivity contribution < 1.29 is 0 Å². The first kappa shape index (κ1) is 11.2. The van der Waals surface area contributed by atoms with Crippen LogP contribution in [0.1, 0.15) is 5.69 Å². The van der Waals surface area contributed by atoms with Gasteiger partial charge in [0.05, 0.1) is 0 Å². The summed E-state index contributed by atoms with van der Waals surface area (Å²) in [5.74, 6) is 0. The number of aromatic nitrogens is 1. The Morgan fingerprint density at radius 1 is 1.19 bits per heavy atom. The first-order valence-corrected chi connectivity index (χ1v) is 6.18. The Labute approximate surface area is 106 Å². The molecule has 0 amide bonds. The highest BCUT2D eigenvalue weighted by molar-refractivity contribution is 9.10. The van der Waals surface area contributed by atoms with Crippen LogP contribution in [-0.2, 0) is 0 Å². The highest BCUT2D eigenvalue weighted by Gasteiger charge is 1.99. The van der Waals surface area contributed by atoms with Gasteiger partial charge in [0.15, 0.2) is 0 Å². The Bertz CT molecular complexity index is 549. The predicted molar refractivity (Wildman–Crippen MR) is 67.2 cm³/mol. The minimum Gasteiger partial charge on any atom is -0.245 e. The van der Waals surface area contributed by atoms with Gasteiger partial charge in [0.25, 0.3) is 0 Å². The van der Waals surface area contributed by atoms with Crippen LogP contribution in [-0.4, -0.2) is 4.98 Å². The average molecular weight is 291 g/mol. The van der Waals surface area contributed by atoms with E-state index in [1.807, 2.05) is 36.4 Å². The van der Waals surface area contributed by atoms with Crippen LogP contribution in [0.4, 0.5) is 0 Å². The SMILES string of the molecule is N#Cc1cc(Sc2cccc(Br)c2)ccn1. The lowest BCUT2D eigenvalue weighted by Gasteiger charge is -2.01. The molecule has 78 valence electrons. The van der Waals surface area contributed by atoms with Gasteiger partial charge in [-0.25, -0.2) is 4.98 Å². The zero-order valence-electron chi connectivity index (χ0n) is 8.22. The highest BCUT2D eigenvalue weighted by atomic mass is 79.9. The van der Waals surface area contributed by atoms with Crippen molar-refractivity contribution in [3.63, 3.8) is 0 Å². The molecule has 0 atom stereocenters. The summed E-state index contributed by atoms with van der Waals surface area (Å²) < 4.78 is 1.05. The third kappa shape index (κ3) is 2.84. The summed E-state index contributed by atoms with van der Waals surface area (Å²) in [6.07, 6.45) is 1.65. The maximum Gasteiger partial charge on any atom is 0.141 e. The fourth-order valence-electron chi connectivity index (χ4n) is 1.20. The van der Waals surface area contributed by atoms with Crippen LogP contribution in [0.2, 0.25) is 0 Å². The zero-order valence-corrected chi connectivity index (χ0v) is 10.6. The van der Waals surface area contributed by atoms with E-state index < -0.39 is 0 Å². The highest BCUT2D eigenvalue weighted by Crippen LogP contribution is 2.29. The Balaban J connectivity index is 2.24. The number of nitrogens with zero attached hydrogens (tertiary/aromatic N) is 2. The average Bonchev–Trinajstić information content (AvgIpc) is 2.29. The Morgan fingerprint density at radius 3 is 2.75 bits per heavy atom. The van der Waals surface area contributed by atoms with Crippen molar-refractivity contribution in [2.24, 2.45) is 0 Å². The molecule has 2 nitrogen and oxygen atoms in total. The number of nitriles is 1. The van der Waals surface area contributed by atoms with Crippen molar-refractivity contribution in [3.05, 3.63) is 52.8 Å². The third-order valence-corrected chi connectivity index (χ3v) is 3.35. The minimum absolute atomic E-state index is 0.444. The van der Waals surface area contributed by atoms with Crippen molar-refractivity contribution >= 4 is 27.7 Å². The molecule has 0 radical (unpaired) electrons. The molecule has 2 rings (SSSR count). The van der Waals surface area contributed by atoms with Gasteiger partial charge in [0.2, 0.25) is 0 Å². The van der Waals surface area contributed by atoms with Gasteiger partial charge in [-0.2, -0.15) is 5.26 Å². The molecule has 0 aliphatic carbocycles. The van der Waals surface area contributed by atoms with Crippen LogP contribution in [0.25, 0.3) is 0 Å². The number of hydrogen-bond acceptors (Lipinski definition) is 3. The molecule has 2 aromatic rings. The molecular formula is C12H7BrN2S. The third-order valence-electron chi connectivity index (χ3n) is 1.88. The number of hydrogen-bond donors (Lipinski definition) is 0. The largest absolute Gasteiger partial charge is 0.245 e. The van der Waals surface area contributed by atoms with Crippen molar-refractivity contribution in [3.8, 4) is 6.07 Å². The standard InChI is InChI=1S/C12H7BrN2S/c13-9-2-1-3-11(6-9)16-12-4-5-15-10(7-12)8-14/h1-7H. The molecule has 0 saturated carbocycles. The quantitative estimate of drug-likeness (QED) is 0.842. The van der Waals surface area contributed by atoms with Gasteiger partial charge in [-0.3, -0.25) is 0 Å². The van der Waals surface area contributed by atoms with Crippen LogP contribution < -0.4 is 0 Å². The molecule has 0 unspecified atom stereocenters. The minimum atomic E-state index is 0.444. The number of halogens is 1. The van der Waals surface area contributed by atoms with E-state index in [1.54, 1.807) is 24.0 Å². The second-order valence-electron chi connectivity index (χ2n) is 3.05. The molecule has 0 fully saturated rings. The summed E-state index contributed by atoms with van der Waals surface area (Å²) in [6.45, 7) is 0. The molecule has 1 aromatic heterocycles. The molecule has 0 aliphatic heterocycles. The van der Waals surface area contributed by atoms with E-state index in [9.17, 15) is 0 Å². The van der Waals surface area contributed by atoms with Gasteiger partial charge in [0.1, 0.15) is 11.8 Å². The normalized spacial score (nSPS) is 9.75. The summed E-state index contributed by atoms with van der Waals surface area (Å²) >= 11 is 5.04. The van der Waals surface area contributed by atoms with Gasteiger partial charge >= 0.3 is 0 Å². The second kappa shape index (κ2) is 5.15. The Hall–Kier alpha value is -1.31. The van der Waals surface area contributed by atoms with Gasteiger partial charge in [0, 0.05) is 20.5 Å². The van der Waals surface area contributed by atoms with Gasteiger partial charge in [-0.1, -0.05) is 33.8 Å². The van der Waals surface area contributed by atoms with E-state index in [-0.39, 0.29) is 0 Å². The molecule has 0 N–H and O–H groups in total. The van der Waals surface area contributed by atoms with Crippen LogP contribution in [0.3, 0.4) is 0 Å². The van der Waals surface area contributed by atoms with E-state index in [4.69, 9.17) is 5.26 Å². The van der Waals surface area contributed by atoms with E-state index in [2.05, 4.69) is 20.9 Å². The maximum atomic E-state index is 8.74. The molecular weight excluding hydrogens is 284 g/mol. The monoisotopic (exact) mass is 290 g/mol. The smallest absolute Gasteiger partial charge is 0.141 e. The maximum absolute atomic E-state index is 8.74. The van der Waals surface area contributed by atoms with Crippen molar-refractivity contribution in [2.45, 2.75) is 9.79 Å². The van der Waals surface area contributed by atoms with Crippen molar-refractivity contribution in [1.29, 1.82) is 5.26 Å². The summed E-state index contributed by atoms with van der Waals surface area (Å²) in [5.41, 5.74) is 0.444. The molecule has 0 saturated heterocycles. The van der Waals surface area contributed by atoms with Crippen molar-refractivity contribution in [2.75, 3.05) is 0 Å². The van der Waals surface area contributed by atoms with E-state index in [0.717, 1.165) is 14.3 Å². The van der Waals surface area contributed by atoms with E-state index in [0.29, 0.717) is 5.69 Å². The molecule has 1 aromatic carbocycles. The molecule has 4 heteroatoms. The lowest BCUT2D eigenvalue weighted by Crippen LogP contribution is -1.81. The molecule has 0 spiro atoms. The summed E-state index contributed by atoms with van der Waals surface area (Å²) in [6, 6.07) is 13.7. The van der Waals surface area contributed by atoms with Gasteiger partial charge in [-0.05, 0) is 30.3 Å². The Kier molecular flexibility index (Phi) is 3.60. The second-order valence-corrected chi connectivity index (χ2v) is 5.11. The van der Waals surface area contributed by atoms with Crippen LogP contribution in [0.5, 0.6) is 0 Å². The lowest BCUT2D eigenvalue weighted by molar-refractivity contribution is 1.21. The van der Waals surface area contributed by atoms with Gasteiger partial charge < -0.3 is 0 Å². The first-order valence-electron chi connectivity index (χ1n) is 4.57.